The summed E-state index contributed by atoms with van der Waals surface area (Å²) in [4.78, 5) is 15.2. The average molecular weight is 247 g/mol. The van der Waals surface area contributed by atoms with Gasteiger partial charge in [-0.3, -0.25) is 9.63 Å². The number of carbonyl (C=O) groups excluding carboxylic acids is 1. The fraction of sp³-hybridized carbons (Fsp3) is 0.625. The van der Waals surface area contributed by atoms with Gasteiger partial charge in [0.1, 0.15) is 5.57 Å². The first-order valence-corrected chi connectivity index (χ1v) is 3.99. The van der Waals surface area contributed by atoms with Crippen molar-refractivity contribution in [2.24, 2.45) is 0 Å². The van der Waals surface area contributed by atoms with Gasteiger partial charge in [-0.15, -0.1) is 0 Å². The van der Waals surface area contributed by atoms with E-state index in [1.165, 1.54) is 0 Å². The number of amides is 1. The number of hydroxylamine groups is 2. The molecule has 0 aromatic heterocycles. The highest BCUT2D eigenvalue weighted by atomic mass is 19.4. The molecular formula is C8H10F5NO2. The van der Waals surface area contributed by atoms with Crippen LogP contribution in [-0.4, -0.2) is 37.2 Å². The van der Waals surface area contributed by atoms with Crippen molar-refractivity contribution in [3.63, 3.8) is 0 Å². The predicted molar refractivity (Wildman–Crippen MR) is 44.5 cm³/mol. The number of allylic oxidation sites excluding steroid dienone is 1. The maximum absolute atomic E-state index is 12.6. The Morgan fingerprint density at radius 3 is 1.94 bits per heavy atom. The van der Waals surface area contributed by atoms with Gasteiger partial charge in [0, 0.05) is 20.0 Å². The van der Waals surface area contributed by atoms with Crippen LogP contribution in [0.5, 0.6) is 0 Å². The second-order valence-electron chi connectivity index (χ2n) is 2.96. The quantitative estimate of drug-likeness (QED) is 0.434. The lowest BCUT2D eigenvalue weighted by molar-refractivity contribution is -0.164. The normalized spacial score (nSPS) is 13.9. The first-order valence-electron chi connectivity index (χ1n) is 3.99. The number of rotatable bonds is 3. The third kappa shape index (κ3) is 4.13. The Hall–Kier alpha value is -1.18. The largest absolute Gasteiger partial charge is 0.418 e. The molecule has 0 aliphatic heterocycles. The summed E-state index contributed by atoms with van der Waals surface area (Å²) in [6, 6.07) is 0. The predicted octanol–water partition coefficient (Wildman–Crippen LogP) is 2.15. The Labute approximate surface area is 88.4 Å². The van der Waals surface area contributed by atoms with Crippen molar-refractivity contribution in [2.45, 2.75) is 19.0 Å². The standard InChI is InChI=1S/C8H10F5NO2/c1-7(9,10)5(8(11,12)13)4-6(15)14(2)16-3/h4H,1-3H3/b5-4-. The number of hydrogen-bond donors (Lipinski definition) is 0. The number of halogens is 5. The third-order valence-electron chi connectivity index (χ3n) is 1.63. The molecule has 0 saturated carbocycles. The Bertz CT molecular complexity index is 276. The summed E-state index contributed by atoms with van der Waals surface area (Å²) in [5.41, 5.74) is -2.21. The second-order valence-corrected chi connectivity index (χ2v) is 2.96. The van der Waals surface area contributed by atoms with Crippen molar-refractivity contribution in [1.82, 2.24) is 5.06 Å². The van der Waals surface area contributed by atoms with Crippen molar-refractivity contribution >= 4 is 5.91 Å². The third-order valence-corrected chi connectivity index (χ3v) is 1.63. The lowest BCUT2D eigenvalue weighted by atomic mass is 10.1. The Morgan fingerprint density at radius 1 is 1.25 bits per heavy atom. The van der Waals surface area contributed by atoms with Crippen molar-refractivity contribution in [3.8, 4) is 0 Å². The summed E-state index contributed by atoms with van der Waals surface area (Å²) in [5.74, 6) is -5.47. The zero-order valence-electron chi connectivity index (χ0n) is 8.73. The Balaban J connectivity index is 5.23. The minimum atomic E-state index is -5.28. The van der Waals surface area contributed by atoms with Gasteiger partial charge in [0.2, 0.25) is 0 Å². The van der Waals surface area contributed by atoms with Crippen LogP contribution < -0.4 is 0 Å². The van der Waals surface area contributed by atoms with E-state index in [1.807, 2.05) is 0 Å². The van der Waals surface area contributed by atoms with E-state index in [4.69, 9.17) is 0 Å². The number of likely N-dealkylation sites (N-methyl/N-ethyl adjacent to an activating group) is 1. The molecule has 0 aliphatic rings. The zero-order chi connectivity index (χ0) is 13.1. The molecule has 0 radical (unpaired) electrons. The van der Waals surface area contributed by atoms with Crippen LogP contribution in [0.4, 0.5) is 22.0 Å². The zero-order valence-corrected chi connectivity index (χ0v) is 8.73. The second kappa shape index (κ2) is 4.77. The fourth-order valence-electron chi connectivity index (χ4n) is 0.762. The van der Waals surface area contributed by atoms with Crippen LogP contribution in [0, 0.1) is 0 Å². The molecular weight excluding hydrogens is 237 g/mol. The lowest BCUT2D eigenvalue weighted by Crippen LogP contribution is -2.31. The smallest absolute Gasteiger partial charge is 0.274 e. The number of nitrogens with zero attached hydrogens (tertiary/aromatic N) is 1. The van der Waals surface area contributed by atoms with Crippen LogP contribution in [0.3, 0.4) is 0 Å². The topological polar surface area (TPSA) is 29.5 Å². The molecule has 0 heterocycles. The average Bonchev–Trinajstić information content (AvgIpc) is 2.08. The van der Waals surface area contributed by atoms with E-state index in [0.717, 1.165) is 14.2 Å². The maximum Gasteiger partial charge on any atom is 0.418 e. The van der Waals surface area contributed by atoms with Crippen molar-refractivity contribution in [1.29, 1.82) is 0 Å². The highest BCUT2D eigenvalue weighted by molar-refractivity contribution is 5.87. The Kier molecular flexibility index (Phi) is 4.42. The van der Waals surface area contributed by atoms with Gasteiger partial charge in [0.05, 0.1) is 7.11 Å². The van der Waals surface area contributed by atoms with E-state index in [0.29, 0.717) is 5.06 Å². The van der Waals surface area contributed by atoms with Gasteiger partial charge in [0.15, 0.2) is 0 Å². The monoisotopic (exact) mass is 247 g/mol. The van der Waals surface area contributed by atoms with Crippen LogP contribution in [0.15, 0.2) is 11.6 Å². The number of hydrogen-bond acceptors (Lipinski definition) is 2. The first-order chi connectivity index (χ1) is 7.00. The molecule has 0 unspecified atom stereocenters. The lowest BCUT2D eigenvalue weighted by Gasteiger charge is -2.19. The van der Waals surface area contributed by atoms with Gasteiger partial charge < -0.3 is 0 Å². The van der Waals surface area contributed by atoms with Crippen molar-refractivity contribution in [3.05, 3.63) is 11.6 Å². The minimum absolute atomic E-state index is 0.0619. The number of alkyl halides is 5. The molecule has 0 spiro atoms. The maximum atomic E-state index is 12.6. The molecule has 8 heteroatoms. The van der Waals surface area contributed by atoms with Gasteiger partial charge in [-0.25, -0.2) is 13.8 Å². The van der Waals surface area contributed by atoms with E-state index in [2.05, 4.69) is 4.84 Å². The SMILES string of the molecule is CON(C)C(=O)/C=C(/C(C)(F)F)C(F)(F)F. The highest BCUT2D eigenvalue weighted by Crippen LogP contribution is 2.37. The van der Waals surface area contributed by atoms with E-state index in [-0.39, 0.29) is 13.0 Å². The van der Waals surface area contributed by atoms with Crippen LogP contribution >= 0.6 is 0 Å². The van der Waals surface area contributed by atoms with Gasteiger partial charge in [-0.2, -0.15) is 13.2 Å². The van der Waals surface area contributed by atoms with Gasteiger partial charge >= 0.3 is 6.18 Å². The van der Waals surface area contributed by atoms with Crippen LogP contribution in [0.2, 0.25) is 0 Å². The van der Waals surface area contributed by atoms with Gasteiger partial charge in [0.25, 0.3) is 11.8 Å². The summed E-state index contributed by atoms with van der Waals surface area (Å²) in [7, 11) is 2.02. The molecule has 0 saturated heterocycles. The minimum Gasteiger partial charge on any atom is -0.274 e. The van der Waals surface area contributed by atoms with Gasteiger partial charge in [-0.1, -0.05) is 0 Å². The van der Waals surface area contributed by atoms with E-state index in [9.17, 15) is 26.7 Å². The van der Waals surface area contributed by atoms with E-state index >= 15 is 0 Å². The molecule has 0 aromatic carbocycles. The van der Waals surface area contributed by atoms with Gasteiger partial charge in [-0.05, 0) is 0 Å². The van der Waals surface area contributed by atoms with Crippen LogP contribution in [0.1, 0.15) is 6.92 Å². The number of carbonyl (C=O) groups is 1. The molecule has 16 heavy (non-hydrogen) atoms. The molecule has 0 rings (SSSR count). The molecule has 94 valence electrons. The molecule has 0 aromatic rings. The summed E-state index contributed by atoms with van der Waals surface area (Å²) in [5, 5.41) is 0.400. The van der Waals surface area contributed by atoms with Crippen molar-refractivity contribution < 1.29 is 31.6 Å². The Morgan fingerprint density at radius 2 is 1.69 bits per heavy atom. The molecule has 0 aliphatic carbocycles. The van der Waals surface area contributed by atoms with Crippen molar-refractivity contribution in [2.75, 3.05) is 14.2 Å². The summed E-state index contributed by atoms with van der Waals surface area (Å²) >= 11 is 0. The highest BCUT2D eigenvalue weighted by Gasteiger charge is 2.47. The molecule has 0 atom stereocenters. The molecule has 0 N–H and O–H groups in total. The van der Waals surface area contributed by atoms with E-state index in [1.54, 1.807) is 0 Å². The summed E-state index contributed by atoms with van der Waals surface area (Å²) in [6.45, 7) is 0.0619. The van der Waals surface area contributed by atoms with E-state index < -0.39 is 23.6 Å². The molecule has 0 bridgehead atoms. The van der Waals surface area contributed by atoms with Crippen LogP contribution in [0.25, 0.3) is 0 Å². The first kappa shape index (κ1) is 14.8. The molecule has 3 nitrogen and oxygen atoms in total. The van der Waals surface area contributed by atoms with Crippen LogP contribution in [-0.2, 0) is 9.63 Å². The molecule has 1 amide bonds. The summed E-state index contributed by atoms with van der Waals surface area (Å²) < 4.78 is 61.8. The fourth-order valence-corrected chi connectivity index (χ4v) is 0.762. The summed E-state index contributed by atoms with van der Waals surface area (Å²) in [6.07, 6.45) is -5.47. The molecule has 0 fully saturated rings.